The van der Waals surface area contributed by atoms with Crippen LogP contribution in [0.25, 0.3) is 0 Å². The third-order valence-electron chi connectivity index (χ3n) is 3.08. The highest BCUT2D eigenvalue weighted by atomic mass is 32.1. The van der Waals surface area contributed by atoms with E-state index in [1.165, 1.54) is 15.3 Å². The smallest absolute Gasteiger partial charge is 0.161 e. The standard InChI is InChI=1S/C15H19NO2S/c1-10-5-8-14(19-10)15(16-2)11-6-7-12(17-3)13(9-11)18-4/h5-9,15-16H,1-4H3. The topological polar surface area (TPSA) is 30.5 Å². The summed E-state index contributed by atoms with van der Waals surface area (Å²) in [6, 6.07) is 10.5. The Morgan fingerprint density at radius 1 is 1.05 bits per heavy atom. The van der Waals surface area contributed by atoms with Crippen LogP contribution in [0.2, 0.25) is 0 Å². The number of hydrogen-bond donors (Lipinski definition) is 1. The lowest BCUT2D eigenvalue weighted by molar-refractivity contribution is 0.354. The lowest BCUT2D eigenvalue weighted by atomic mass is 10.0. The van der Waals surface area contributed by atoms with E-state index in [-0.39, 0.29) is 6.04 Å². The van der Waals surface area contributed by atoms with Gasteiger partial charge in [0.05, 0.1) is 20.3 Å². The zero-order chi connectivity index (χ0) is 13.8. The Bertz CT molecular complexity index is 551. The fourth-order valence-electron chi connectivity index (χ4n) is 2.11. The van der Waals surface area contributed by atoms with E-state index in [9.17, 15) is 0 Å². The minimum Gasteiger partial charge on any atom is -0.493 e. The van der Waals surface area contributed by atoms with E-state index in [0.717, 1.165) is 11.5 Å². The maximum Gasteiger partial charge on any atom is 0.161 e. The van der Waals surface area contributed by atoms with Crippen molar-refractivity contribution >= 4 is 11.3 Å². The summed E-state index contributed by atoms with van der Waals surface area (Å²) in [7, 11) is 5.28. The number of aryl methyl sites for hydroxylation is 1. The van der Waals surface area contributed by atoms with Gasteiger partial charge < -0.3 is 14.8 Å². The highest BCUT2D eigenvalue weighted by Gasteiger charge is 2.16. The van der Waals surface area contributed by atoms with Gasteiger partial charge in [-0.05, 0) is 43.8 Å². The van der Waals surface area contributed by atoms with Crippen LogP contribution in [0.5, 0.6) is 11.5 Å². The van der Waals surface area contributed by atoms with Gasteiger partial charge in [0.15, 0.2) is 11.5 Å². The van der Waals surface area contributed by atoms with Gasteiger partial charge in [-0.25, -0.2) is 0 Å². The molecule has 1 aromatic heterocycles. The maximum atomic E-state index is 5.36. The number of thiophene rings is 1. The first-order valence-electron chi connectivity index (χ1n) is 6.15. The van der Waals surface area contributed by atoms with Crippen molar-refractivity contribution in [2.75, 3.05) is 21.3 Å². The van der Waals surface area contributed by atoms with Crippen LogP contribution in [0.15, 0.2) is 30.3 Å². The molecule has 1 N–H and O–H groups in total. The molecular weight excluding hydrogens is 258 g/mol. The second-order valence-electron chi connectivity index (χ2n) is 4.28. The fourth-order valence-corrected chi connectivity index (χ4v) is 3.13. The van der Waals surface area contributed by atoms with Crippen molar-refractivity contribution < 1.29 is 9.47 Å². The van der Waals surface area contributed by atoms with Gasteiger partial charge in [0.1, 0.15) is 0 Å². The molecule has 1 aromatic carbocycles. The largest absolute Gasteiger partial charge is 0.493 e. The molecule has 2 rings (SSSR count). The van der Waals surface area contributed by atoms with Gasteiger partial charge in [0.25, 0.3) is 0 Å². The summed E-state index contributed by atoms with van der Waals surface area (Å²) in [5, 5.41) is 3.35. The summed E-state index contributed by atoms with van der Waals surface area (Å²) in [4.78, 5) is 2.61. The molecule has 4 heteroatoms. The molecule has 3 nitrogen and oxygen atoms in total. The highest BCUT2D eigenvalue weighted by Crippen LogP contribution is 2.34. The van der Waals surface area contributed by atoms with Crippen LogP contribution >= 0.6 is 11.3 Å². The van der Waals surface area contributed by atoms with Crippen molar-refractivity contribution in [2.45, 2.75) is 13.0 Å². The number of ether oxygens (including phenoxy) is 2. The van der Waals surface area contributed by atoms with Crippen molar-refractivity contribution in [2.24, 2.45) is 0 Å². The lowest BCUT2D eigenvalue weighted by Crippen LogP contribution is -2.16. The van der Waals surface area contributed by atoms with Crippen molar-refractivity contribution in [1.82, 2.24) is 5.32 Å². The highest BCUT2D eigenvalue weighted by molar-refractivity contribution is 7.12. The normalized spacial score (nSPS) is 12.2. The Morgan fingerprint density at radius 3 is 2.32 bits per heavy atom. The van der Waals surface area contributed by atoms with Crippen LogP contribution < -0.4 is 14.8 Å². The molecule has 2 aromatic rings. The molecule has 102 valence electrons. The minimum absolute atomic E-state index is 0.179. The Balaban J connectivity index is 2.38. The van der Waals surface area contributed by atoms with Gasteiger partial charge >= 0.3 is 0 Å². The summed E-state index contributed by atoms with van der Waals surface area (Å²) in [6.45, 7) is 2.12. The van der Waals surface area contributed by atoms with Crippen LogP contribution in [-0.4, -0.2) is 21.3 Å². The van der Waals surface area contributed by atoms with E-state index in [4.69, 9.17) is 9.47 Å². The minimum atomic E-state index is 0.179. The first-order chi connectivity index (χ1) is 9.19. The Kier molecular flexibility index (Phi) is 4.45. The molecule has 0 aliphatic heterocycles. The van der Waals surface area contributed by atoms with E-state index >= 15 is 0 Å². The number of hydrogen-bond acceptors (Lipinski definition) is 4. The van der Waals surface area contributed by atoms with Gasteiger partial charge in [-0.2, -0.15) is 0 Å². The average molecular weight is 277 g/mol. The van der Waals surface area contributed by atoms with Crippen LogP contribution in [0.3, 0.4) is 0 Å². The molecule has 0 bridgehead atoms. The van der Waals surface area contributed by atoms with E-state index < -0.39 is 0 Å². The predicted octanol–water partition coefficient (Wildman–Crippen LogP) is 3.38. The molecule has 0 saturated carbocycles. The molecule has 1 atom stereocenters. The number of benzene rings is 1. The summed E-state index contributed by atoms with van der Waals surface area (Å²) in [5.74, 6) is 1.51. The van der Waals surface area contributed by atoms with Crippen LogP contribution in [-0.2, 0) is 0 Å². The molecule has 0 aliphatic carbocycles. The number of rotatable bonds is 5. The molecule has 1 unspecified atom stereocenters. The van der Waals surface area contributed by atoms with Gasteiger partial charge in [0, 0.05) is 9.75 Å². The number of methoxy groups -OCH3 is 2. The van der Waals surface area contributed by atoms with Gasteiger partial charge in [0.2, 0.25) is 0 Å². The van der Waals surface area contributed by atoms with Crippen molar-refractivity contribution in [3.05, 3.63) is 45.6 Å². The Morgan fingerprint density at radius 2 is 1.79 bits per heavy atom. The molecular formula is C15H19NO2S. The summed E-state index contributed by atoms with van der Waals surface area (Å²) in [5.41, 5.74) is 1.17. The van der Waals surface area contributed by atoms with Gasteiger partial charge in [-0.15, -0.1) is 11.3 Å². The third-order valence-corrected chi connectivity index (χ3v) is 4.14. The maximum absolute atomic E-state index is 5.36. The second kappa shape index (κ2) is 6.08. The van der Waals surface area contributed by atoms with E-state index in [0.29, 0.717) is 0 Å². The van der Waals surface area contributed by atoms with Gasteiger partial charge in [-0.1, -0.05) is 6.07 Å². The zero-order valence-electron chi connectivity index (χ0n) is 11.7. The van der Waals surface area contributed by atoms with Crippen molar-refractivity contribution in [1.29, 1.82) is 0 Å². The molecule has 1 heterocycles. The second-order valence-corrected chi connectivity index (χ2v) is 5.60. The van der Waals surface area contributed by atoms with Crippen LogP contribution in [0.4, 0.5) is 0 Å². The molecule has 0 aliphatic rings. The predicted molar refractivity (Wildman–Crippen MR) is 79.5 cm³/mol. The summed E-state index contributed by atoms with van der Waals surface area (Å²) >= 11 is 1.80. The quantitative estimate of drug-likeness (QED) is 0.909. The summed E-state index contributed by atoms with van der Waals surface area (Å²) in [6.07, 6.45) is 0. The first kappa shape index (κ1) is 13.9. The summed E-state index contributed by atoms with van der Waals surface area (Å²) < 4.78 is 10.6. The third kappa shape index (κ3) is 2.91. The van der Waals surface area contributed by atoms with E-state index in [2.05, 4.69) is 30.4 Å². The van der Waals surface area contributed by atoms with Gasteiger partial charge in [-0.3, -0.25) is 0 Å². The fraction of sp³-hybridized carbons (Fsp3) is 0.333. The number of nitrogens with one attached hydrogen (secondary N) is 1. The molecule has 0 fully saturated rings. The zero-order valence-corrected chi connectivity index (χ0v) is 12.5. The molecule has 0 radical (unpaired) electrons. The molecule has 0 spiro atoms. The SMILES string of the molecule is CNC(c1ccc(OC)c(OC)c1)c1ccc(C)s1. The molecule has 19 heavy (non-hydrogen) atoms. The van der Waals surface area contributed by atoms with E-state index in [1.807, 2.05) is 19.2 Å². The first-order valence-corrected chi connectivity index (χ1v) is 6.96. The average Bonchev–Trinajstić information content (AvgIpc) is 2.86. The van der Waals surface area contributed by atoms with Crippen molar-refractivity contribution in [3.8, 4) is 11.5 Å². The van der Waals surface area contributed by atoms with Crippen LogP contribution in [0, 0.1) is 6.92 Å². The molecule has 0 saturated heterocycles. The Labute approximate surface area is 118 Å². The van der Waals surface area contributed by atoms with Crippen molar-refractivity contribution in [3.63, 3.8) is 0 Å². The van der Waals surface area contributed by atoms with E-state index in [1.54, 1.807) is 25.6 Å². The monoisotopic (exact) mass is 277 g/mol. The lowest BCUT2D eigenvalue weighted by Gasteiger charge is -2.17. The van der Waals surface area contributed by atoms with Crippen LogP contribution in [0.1, 0.15) is 21.4 Å². The molecule has 0 amide bonds. The Hall–Kier alpha value is -1.52.